The van der Waals surface area contributed by atoms with Crippen molar-refractivity contribution < 1.29 is 0 Å². The molecule has 1 aromatic rings. The number of hydrogen-bond acceptors (Lipinski definition) is 4. The van der Waals surface area contributed by atoms with Crippen LogP contribution in [-0.2, 0) is 0 Å². The molecular weight excluding hydrogens is 240 g/mol. The predicted molar refractivity (Wildman–Crippen MR) is 75.4 cm³/mol. The van der Waals surface area contributed by atoms with Gasteiger partial charge in [-0.3, -0.25) is 4.79 Å². The summed E-state index contributed by atoms with van der Waals surface area (Å²) in [6.07, 6.45) is 4.63. The van der Waals surface area contributed by atoms with E-state index >= 15 is 0 Å². The van der Waals surface area contributed by atoms with Gasteiger partial charge in [0, 0.05) is 31.1 Å². The Bertz CT molecular complexity index is 508. The Morgan fingerprint density at radius 2 is 2.26 bits per heavy atom. The van der Waals surface area contributed by atoms with Crippen LogP contribution in [0.5, 0.6) is 0 Å². The monoisotopic (exact) mass is 262 g/mol. The van der Waals surface area contributed by atoms with Gasteiger partial charge in [0.25, 0.3) is 5.56 Å². The molecule has 5 heteroatoms. The smallest absolute Gasteiger partial charge is 0.252 e. The second-order valence-corrected chi connectivity index (χ2v) is 5.88. The van der Waals surface area contributed by atoms with Crippen molar-refractivity contribution in [3.8, 4) is 0 Å². The molecule has 0 amide bonds. The van der Waals surface area contributed by atoms with Crippen LogP contribution >= 0.6 is 0 Å². The molecule has 3 rings (SSSR count). The molecule has 104 valence electrons. The van der Waals surface area contributed by atoms with Gasteiger partial charge in [-0.2, -0.15) is 0 Å². The van der Waals surface area contributed by atoms with Crippen molar-refractivity contribution in [2.45, 2.75) is 44.6 Å². The Hall–Kier alpha value is -1.36. The van der Waals surface area contributed by atoms with Crippen LogP contribution in [0, 0.1) is 5.92 Å². The van der Waals surface area contributed by atoms with E-state index in [4.69, 9.17) is 5.73 Å². The summed E-state index contributed by atoms with van der Waals surface area (Å²) in [6.45, 7) is 3.81. The molecule has 2 atom stereocenters. The number of rotatable bonds is 3. The summed E-state index contributed by atoms with van der Waals surface area (Å²) in [7, 11) is 0. The SMILES string of the molecule is CC1CCCN(c2cc(=O)[nH]c(C3CC3)n2)C1CN. The standard InChI is InChI=1S/C14H22N4O/c1-9-3-2-6-18(11(9)8-15)12-7-13(19)17-14(16-12)10-4-5-10/h7,9-11H,2-6,8,15H2,1H3,(H,16,17,19). The molecule has 19 heavy (non-hydrogen) atoms. The summed E-state index contributed by atoms with van der Waals surface area (Å²) in [5, 5.41) is 0. The van der Waals surface area contributed by atoms with E-state index in [0.717, 1.165) is 37.4 Å². The summed E-state index contributed by atoms with van der Waals surface area (Å²) >= 11 is 0. The van der Waals surface area contributed by atoms with Crippen molar-refractivity contribution in [2.75, 3.05) is 18.0 Å². The Labute approximate surface area is 113 Å². The van der Waals surface area contributed by atoms with Crippen molar-refractivity contribution in [1.29, 1.82) is 0 Å². The van der Waals surface area contributed by atoms with E-state index in [1.54, 1.807) is 6.07 Å². The highest BCUT2D eigenvalue weighted by Gasteiger charge is 2.31. The predicted octanol–water partition coefficient (Wildman–Crippen LogP) is 1.21. The third-order valence-corrected chi connectivity index (χ3v) is 4.36. The first-order valence-corrected chi connectivity index (χ1v) is 7.27. The normalized spacial score (nSPS) is 27.6. The fourth-order valence-electron chi connectivity index (χ4n) is 3.05. The Balaban J connectivity index is 1.93. The highest BCUT2D eigenvalue weighted by molar-refractivity contribution is 5.40. The summed E-state index contributed by atoms with van der Waals surface area (Å²) in [5.41, 5.74) is 5.87. The van der Waals surface area contributed by atoms with Crippen LogP contribution in [0.2, 0.25) is 0 Å². The van der Waals surface area contributed by atoms with Gasteiger partial charge >= 0.3 is 0 Å². The molecule has 2 heterocycles. The average Bonchev–Trinajstić information content (AvgIpc) is 3.22. The number of H-pyrrole nitrogens is 1. The lowest BCUT2D eigenvalue weighted by atomic mass is 9.91. The van der Waals surface area contributed by atoms with Crippen LogP contribution in [0.4, 0.5) is 5.82 Å². The van der Waals surface area contributed by atoms with Crippen LogP contribution in [0.25, 0.3) is 0 Å². The maximum Gasteiger partial charge on any atom is 0.252 e. The third kappa shape index (κ3) is 2.52. The molecule has 5 nitrogen and oxygen atoms in total. The largest absolute Gasteiger partial charge is 0.352 e. The maximum absolute atomic E-state index is 11.8. The summed E-state index contributed by atoms with van der Waals surface area (Å²) in [4.78, 5) is 21.6. The first-order chi connectivity index (χ1) is 9.19. The summed E-state index contributed by atoms with van der Waals surface area (Å²) in [6, 6.07) is 1.92. The molecule has 0 spiro atoms. The molecule has 1 aromatic heterocycles. The zero-order valence-electron chi connectivity index (χ0n) is 11.4. The fraction of sp³-hybridized carbons (Fsp3) is 0.714. The van der Waals surface area contributed by atoms with Crippen LogP contribution in [0.15, 0.2) is 10.9 Å². The maximum atomic E-state index is 11.8. The van der Waals surface area contributed by atoms with Gasteiger partial charge in [0.05, 0.1) is 0 Å². The second-order valence-electron chi connectivity index (χ2n) is 5.88. The minimum Gasteiger partial charge on any atom is -0.352 e. The lowest BCUT2D eigenvalue weighted by Gasteiger charge is -2.40. The van der Waals surface area contributed by atoms with E-state index in [-0.39, 0.29) is 5.56 Å². The Morgan fingerprint density at radius 1 is 1.47 bits per heavy atom. The number of nitrogens with one attached hydrogen (secondary N) is 1. The number of aromatic nitrogens is 2. The number of aromatic amines is 1. The first-order valence-electron chi connectivity index (χ1n) is 7.27. The molecule has 0 aromatic carbocycles. The molecular formula is C14H22N4O. The van der Waals surface area contributed by atoms with E-state index in [0.29, 0.717) is 24.4 Å². The topological polar surface area (TPSA) is 75.0 Å². The number of hydrogen-bond donors (Lipinski definition) is 2. The molecule has 2 unspecified atom stereocenters. The number of piperidine rings is 1. The highest BCUT2D eigenvalue weighted by Crippen LogP contribution is 2.38. The van der Waals surface area contributed by atoms with Gasteiger partial charge in [-0.25, -0.2) is 4.98 Å². The van der Waals surface area contributed by atoms with Gasteiger partial charge in [-0.15, -0.1) is 0 Å². The van der Waals surface area contributed by atoms with Gasteiger partial charge in [0.1, 0.15) is 11.6 Å². The van der Waals surface area contributed by atoms with Gasteiger partial charge in [0.15, 0.2) is 0 Å². The molecule has 3 N–H and O–H groups in total. The Morgan fingerprint density at radius 3 is 2.95 bits per heavy atom. The van der Waals surface area contributed by atoms with Crippen LogP contribution in [0.1, 0.15) is 44.3 Å². The van der Waals surface area contributed by atoms with Crippen LogP contribution in [0.3, 0.4) is 0 Å². The first kappa shape index (κ1) is 12.7. The van der Waals surface area contributed by atoms with E-state index in [2.05, 4.69) is 21.8 Å². The van der Waals surface area contributed by atoms with Crippen molar-refractivity contribution >= 4 is 5.82 Å². The second kappa shape index (κ2) is 4.96. The van der Waals surface area contributed by atoms with Crippen LogP contribution < -0.4 is 16.2 Å². The highest BCUT2D eigenvalue weighted by atomic mass is 16.1. The average molecular weight is 262 g/mol. The van der Waals surface area contributed by atoms with Gasteiger partial charge in [-0.1, -0.05) is 6.92 Å². The quantitative estimate of drug-likeness (QED) is 0.858. The molecule has 1 saturated heterocycles. The van der Waals surface area contributed by atoms with Crippen LogP contribution in [-0.4, -0.2) is 29.1 Å². The van der Waals surface area contributed by atoms with Gasteiger partial charge in [0.2, 0.25) is 0 Å². The number of anilines is 1. The van der Waals surface area contributed by atoms with E-state index in [9.17, 15) is 4.79 Å². The number of nitrogens with zero attached hydrogens (tertiary/aromatic N) is 2. The summed E-state index contributed by atoms with van der Waals surface area (Å²) in [5.74, 6) is 2.69. The van der Waals surface area contributed by atoms with Gasteiger partial charge in [-0.05, 0) is 31.6 Å². The number of nitrogens with two attached hydrogens (primary N) is 1. The molecule has 1 aliphatic carbocycles. The van der Waals surface area contributed by atoms with Crippen molar-refractivity contribution in [1.82, 2.24) is 9.97 Å². The van der Waals surface area contributed by atoms with Crippen molar-refractivity contribution in [3.05, 3.63) is 22.2 Å². The summed E-state index contributed by atoms with van der Waals surface area (Å²) < 4.78 is 0. The lowest BCUT2D eigenvalue weighted by molar-refractivity contribution is 0.347. The van der Waals surface area contributed by atoms with E-state index < -0.39 is 0 Å². The molecule has 0 bridgehead atoms. The molecule has 1 saturated carbocycles. The zero-order valence-corrected chi connectivity index (χ0v) is 11.4. The lowest BCUT2D eigenvalue weighted by Crippen LogP contribution is -2.49. The minimum absolute atomic E-state index is 0.0408. The zero-order chi connectivity index (χ0) is 13.4. The third-order valence-electron chi connectivity index (χ3n) is 4.36. The Kier molecular flexibility index (Phi) is 3.31. The van der Waals surface area contributed by atoms with E-state index in [1.807, 2.05) is 0 Å². The van der Waals surface area contributed by atoms with Gasteiger partial charge < -0.3 is 15.6 Å². The fourth-order valence-corrected chi connectivity index (χ4v) is 3.05. The van der Waals surface area contributed by atoms with Crippen molar-refractivity contribution in [2.24, 2.45) is 11.7 Å². The van der Waals surface area contributed by atoms with Crippen molar-refractivity contribution in [3.63, 3.8) is 0 Å². The molecule has 2 fully saturated rings. The van der Waals surface area contributed by atoms with E-state index in [1.165, 1.54) is 6.42 Å². The molecule has 1 aliphatic heterocycles. The minimum atomic E-state index is -0.0408. The molecule has 0 radical (unpaired) electrons. The molecule has 2 aliphatic rings.